The minimum Gasteiger partial charge on any atom is -0.427 e. The molecular weight excluding hydrogens is 388 g/mol. The van der Waals surface area contributed by atoms with Crippen LogP contribution in [0.4, 0.5) is 0 Å². The van der Waals surface area contributed by atoms with Gasteiger partial charge in [-0.25, -0.2) is 4.79 Å². The summed E-state index contributed by atoms with van der Waals surface area (Å²) in [6.07, 6.45) is -0.403. The van der Waals surface area contributed by atoms with E-state index in [4.69, 9.17) is 15.2 Å². The number of rotatable bonds is 6. The third-order valence-corrected chi connectivity index (χ3v) is 5.43. The molecule has 1 fully saturated rings. The van der Waals surface area contributed by atoms with Crippen LogP contribution >= 0.6 is 0 Å². The minimum absolute atomic E-state index is 0.128. The van der Waals surface area contributed by atoms with E-state index < -0.39 is 36.2 Å². The first kappa shape index (κ1) is 22.0. The Hall–Kier alpha value is -2.71. The standard InChI is InChI=1S/C22H28N2O6/c1-12(25)17-16-9-15(14-7-5-6-13(8-14)10-23)18(24(16)19(17)26)20(27)29-11-30-21(28)22(2,3)4/h5-8,12,16-17,25H,9-11,23H2,1-4H3/t12-,16-,17-/m1/s1. The van der Waals surface area contributed by atoms with Crippen molar-refractivity contribution in [2.45, 2.75) is 52.8 Å². The molecule has 2 aliphatic rings. The van der Waals surface area contributed by atoms with Gasteiger partial charge in [-0.1, -0.05) is 24.3 Å². The van der Waals surface area contributed by atoms with Crippen molar-refractivity contribution in [3.05, 3.63) is 41.1 Å². The summed E-state index contributed by atoms with van der Waals surface area (Å²) < 4.78 is 10.2. The number of esters is 2. The molecule has 3 atom stereocenters. The molecular formula is C22H28N2O6. The van der Waals surface area contributed by atoms with Crippen LogP contribution in [0.25, 0.3) is 5.57 Å². The Morgan fingerprint density at radius 1 is 1.30 bits per heavy atom. The zero-order valence-electron chi connectivity index (χ0n) is 17.7. The van der Waals surface area contributed by atoms with E-state index in [1.807, 2.05) is 24.3 Å². The van der Waals surface area contributed by atoms with E-state index in [0.29, 0.717) is 18.5 Å². The fourth-order valence-electron chi connectivity index (χ4n) is 3.82. The Balaban J connectivity index is 1.86. The second-order valence-electron chi connectivity index (χ2n) is 8.71. The Bertz CT molecular complexity index is 899. The molecule has 30 heavy (non-hydrogen) atoms. The highest BCUT2D eigenvalue weighted by Gasteiger charge is 2.57. The van der Waals surface area contributed by atoms with Crippen molar-refractivity contribution in [2.75, 3.05) is 6.79 Å². The first-order chi connectivity index (χ1) is 14.1. The Morgan fingerprint density at radius 3 is 2.60 bits per heavy atom. The highest BCUT2D eigenvalue weighted by Crippen LogP contribution is 2.47. The van der Waals surface area contributed by atoms with Crippen LogP contribution in [0.3, 0.4) is 0 Å². The number of amides is 1. The molecule has 3 rings (SSSR count). The van der Waals surface area contributed by atoms with Crippen LogP contribution in [0.1, 0.15) is 45.2 Å². The third-order valence-electron chi connectivity index (χ3n) is 5.43. The molecule has 0 unspecified atom stereocenters. The lowest BCUT2D eigenvalue weighted by Gasteiger charge is -2.44. The first-order valence-electron chi connectivity index (χ1n) is 9.94. The molecule has 1 aromatic carbocycles. The van der Waals surface area contributed by atoms with E-state index in [2.05, 4.69) is 0 Å². The molecule has 8 heteroatoms. The van der Waals surface area contributed by atoms with Gasteiger partial charge in [-0.3, -0.25) is 9.59 Å². The van der Waals surface area contributed by atoms with Gasteiger partial charge in [-0.05, 0) is 50.8 Å². The Morgan fingerprint density at radius 2 is 2.00 bits per heavy atom. The monoisotopic (exact) mass is 416 g/mol. The number of hydrogen-bond acceptors (Lipinski definition) is 7. The van der Waals surface area contributed by atoms with Crippen LogP contribution in [-0.4, -0.2) is 46.8 Å². The number of hydrogen-bond donors (Lipinski definition) is 2. The second-order valence-corrected chi connectivity index (χ2v) is 8.71. The molecule has 0 radical (unpaired) electrons. The van der Waals surface area contributed by atoms with E-state index in [1.165, 1.54) is 4.90 Å². The van der Waals surface area contributed by atoms with E-state index >= 15 is 0 Å². The van der Waals surface area contributed by atoms with Crippen molar-refractivity contribution in [1.29, 1.82) is 0 Å². The lowest BCUT2D eigenvalue weighted by Crippen LogP contribution is -2.61. The van der Waals surface area contributed by atoms with Gasteiger partial charge in [0.05, 0.1) is 23.5 Å². The fraction of sp³-hybridized carbons (Fsp3) is 0.500. The average molecular weight is 416 g/mol. The largest absolute Gasteiger partial charge is 0.427 e. The van der Waals surface area contributed by atoms with Gasteiger partial charge in [0, 0.05) is 6.54 Å². The van der Waals surface area contributed by atoms with Gasteiger partial charge in [0.25, 0.3) is 0 Å². The number of β-lactam (4-membered cyclic amide) rings is 1. The zero-order chi connectivity index (χ0) is 22.2. The molecule has 2 heterocycles. The predicted octanol–water partition coefficient (Wildman–Crippen LogP) is 1.56. The van der Waals surface area contributed by atoms with Crippen molar-refractivity contribution in [3.63, 3.8) is 0 Å². The molecule has 2 aliphatic heterocycles. The number of ether oxygens (including phenoxy) is 2. The molecule has 8 nitrogen and oxygen atoms in total. The Labute approximate surface area is 175 Å². The molecule has 0 aromatic heterocycles. The number of nitrogens with zero attached hydrogens (tertiary/aromatic N) is 1. The molecule has 0 spiro atoms. The lowest BCUT2D eigenvalue weighted by atomic mass is 9.82. The zero-order valence-corrected chi connectivity index (χ0v) is 17.7. The van der Waals surface area contributed by atoms with Crippen LogP contribution in [0.2, 0.25) is 0 Å². The number of fused-ring (bicyclic) bond motifs is 1. The molecule has 1 aromatic rings. The van der Waals surface area contributed by atoms with Gasteiger partial charge in [-0.2, -0.15) is 0 Å². The molecule has 0 aliphatic carbocycles. The number of aliphatic hydroxyl groups is 1. The third kappa shape index (κ3) is 3.97. The Kier molecular flexibility index (Phi) is 6.01. The van der Waals surface area contributed by atoms with Gasteiger partial charge >= 0.3 is 11.9 Å². The first-order valence-corrected chi connectivity index (χ1v) is 9.94. The van der Waals surface area contributed by atoms with Gasteiger partial charge < -0.3 is 25.2 Å². The van der Waals surface area contributed by atoms with E-state index in [9.17, 15) is 19.5 Å². The van der Waals surface area contributed by atoms with Crippen molar-refractivity contribution < 1.29 is 29.0 Å². The maximum atomic E-state index is 12.9. The van der Waals surface area contributed by atoms with E-state index in [1.54, 1.807) is 27.7 Å². The normalized spacial score (nSPS) is 21.8. The predicted molar refractivity (Wildman–Crippen MR) is 108 cm³/mol. The number of carbonyl (C=O) groups excluding carboxylic acids is 3. The van der Waals surface area contributed by atoms with E-state index in [-0.39, 0.29) is 17.6 Å². The molecule has 0 saturated carbocycles. The smallest absolute Gasteiger partial charge is 0.358 e. The summed E-state index contributed by atoms with van der Waals surface area (Å²) in [6.45, 7) is 6.44. The van der Waals surface area contributed by atoms with Crippen molar-refractivity contribution in [1.82, 2.24) is 4.90 Å². The molecule has 0 bridgehead atoms. The SMILES string of the molecule is C[C@@H](O)[C@H]1C(=O)N2C(C(=O)OCOC(=O)C(C)(C)C)=C(c3cccc(CN)c3)C[C@H]12. The van der Waals surface area contributed by atoms with Gasteiger partial charge in [-0.15, -0.1) is 0 Å². The lowest BCUT2D eigenvalue weighted by molar-refractivity contribution is -0.175. The molecule has 162 valence electrons. The van der Waals surface area contributed by atoms with Gasteiger partial charge in [0.15, 0.2) is 0 Å². The van der Waals surface area contributed by atoms with Crippen LogP contribution in [0, 0.1) is 11.3 Å². The molecule has 1 saturated heterocycles. The summed E-state index contributed by atoms with van der Waals surface area (Å²) in [5.41, 5.74) is 7.45. The summed E-state index contributed by atoms with van der Waals surface area (Å²) in [7, 11) is 0. The highest BCUT2D eigenvalue weighted by atomic mass is 16.7. The summed E-state index contributed by atoms with van der Waals surface area (Å²) in [5.74, 6) is -2.14. The number of carbonyl (C=O) groups is 3. The van der Waals surface area contributed by atoms with Crippen molar-refractivity contribution >= 4 is 23.4 Å². The van der Waals surface area contributed by atoms with Crippen molar-refractivity contribution in [3.8, 4) is 0 Å². The van der Waals surface area contributed by atoms with E-state index in [0.717, 1.165) is 11.1 Å². The highest BCUT2D eigenvalue weighted by molar-refractivity contribution is 6.06. The number of nitrogens with two attached hydrogens (primary N) is 1. The van der Waals surface area contributed by atoms with Crippen molar-refractivity contribution in [2.24, 2.45) is 17.1 Å². The maximum Gasteiger partial charge on any atom is 0.358 e. The van der Waals surface area contributed by atoms with Gasteiger partial charge in [0.2, 0.25) is 12.7 Å². The van der Waals surface area contributed by atoms with Crippen LogP contribution in [0.15, 0.2) is 30.0 Å². The van der Waals surface area contributed by atoms with Crippen LogP contribution in [0.5, 0.6) is 0 Å². The second kappa shape index (κ2) is 8.20. The quantitative estimate of drug-likeness (QED) is 0.410. The summed E-state index contributed by atoms with van der Waals surface area (Å²) in [5, 5.41) is 9.98. The average Bonchev–Trinajstić information content (AvgIpc) is 3.01. The van der Waals surface area contributed by atoms with Gasteiger partial charge in [0.1, 0.15) is 5.70 Å². The topological polar surface area (TPSA) is 119 Å². The van der Waals surface area contributed by atoms with Crippen LogP contribution < -0.4 is 5.73 Å². The van der Waals surface area contributed by atoms with Crippen LogP contribution in [-0.2, 0) is 30.4 Å². The minimum atomic E-state index is -0.821. The number of aliphatic hydroxyl groups excluding tert-OH is 1. The summed E-state index contributed by atoms with van der Waals surface area (Å²) in [4.78, 5) is 38.8. The fourth-order valence-corrected chi connectivity index (χ4v) is 3.82. The summed E-state index contributed by atoms with van der Waals surface area (Å²) >= 11 is 0. The maximum absolute atomic E-state index is 12.9. The molecule has 1 amide bonds. The summed E-state index contributed by atoms with van der Waals surface area (Å²) in [6, 6.07) is 7.11. The molecule has 3 N–H and O–H groups in total. The number of benzene rings is 1.